The van der Waals surface area contributed by atoms with Crippen LogP contribution in [0.5, 0.6) is 5.75 Å². The van der Waals surface area contributed by atoms with Crippen molar-refractivity contribution in [2.24, 2.45) is 7.05 Å². The summed E-state index contributed by atoms with van der Waals surface area (Å²) in [5.41, 5.74) is 0.922. The van der Waals surface area contributed by atoms with Crippen LogP contribution in [0.1, 0.15) is 29.5 Å². The maximum absolute atomic E-state index is 12.0. The van der Waals surface area contributed by atoms with E-state index in [0.717, 1.165) is 18.5 Å². The van der Waals surface area contributed by atoms with E-state index >= 15 is 0 Å². The number of carbonyl (C=O) groups excluding carboxylic acids is 1. The van der Waals surface area contributed by atoms with Crippen molar-refractivity contribution in [2.45, 2.75) is 19.8 Å². The number of pyridine rings is 1. The molecule has 2 heterocycles. The van der Waals surface area contributed by atoms with Gasteiger partial charge in [-0.3, -0.25) is 9.48 Å². The first-order chi connectivity index (χ1) is 9.11. The Hall–Kier alpha value is -2.37. The number of amides is 1. The molecule has 19 heavy (non-hydrogen) atoms. The molecule has 0 saturated heterocycles. The fourth-order valence-corrected chi connectivity index (χ4v) is 1.77. The van der Waals surface area contributed by atoms with Crippen molar-refractivity contribution >= 4 is 11.7 Å². The smallest absolute Gasteiger partial charge is 0.279 e. The molecule has 6 nitrogen and oxygen atoms in total. The van der Waals surface area contributed by atoms with Crippen molar-refractivity contribution in [3.05, 3.63) is 35.8 Å². The predicted molar refractivity (Wildman–Crippen MR) is 71.1 cm³/mol. The van der Waals surface area contributed by atoms with Gasteiger partial charge in [0.2, 0.25) is 0 Å². The van der Waals surface area contributed by atoms with Gasteiger partial charge in [-0.05, 0) is 18.6 Å². The molecule has 0 spiro atoms. The highest BCUT2D eigenvalue weighted by Crippen LogP contribution is 2.16. The lowest BCUT2D eigenvalue weighted by molar-refractivity contribution is 0.101. The minimum atomic E-state index is -0.454. The molecule has 100 valence electrons. The van der Waals surface area contributed by atoms with Gasteiger partial charge in [0, 0.05) is 19.3 Å². The zero-order valence-electron chi connectivity index (χ0n) is 10.9. The zero-order chi connectivity index (χ0) is 13.8. The van der Waals surface area contributed by atoms with E-state index in [0.29, 0.717) is 5.82 Å². The maximum Gasteiger partial charge on any atom is 0.279 e. The molecule has 2 aromatic heterocycles. The Morgan fingerprint density at radius 2 is 2.32 bits per heavy atom. The third-order valence-electron chi connectivity index (χ3n) is 2.68. The van der Waals surface area contributed by atoms with Crippen molar-refractivity contribution in [1.82, 2.24) is 14.8 Å². The van der Waals surface area contributed by atoms with E-state index in [4.69, 9.17) is 0 Å². The second-order valence-corrected chi connectivity index (χ2v) is 4.22. The quantitative estimate of drug-likeness (QED) is 0.877. The minimum Gasteiger partial charge on any atom is -0.505 e. The van der Waals surface area contributed by atoms with Crippen molar-refractivity contribution in [3.63, 3.8) is 0 Å². The van der Waals surface area contributed by atoms with E-state index in [2.05, 4.69) is 22.3 Å². The molecular formula is C13H16N4O2. The van der Waals surface area contributed by atoms with Crippen LogP contribution in [-0.4, -0.2) is 25.8 Å². The molecular weight excluding hydrogens is 244 g/mol. The highest BCUT2D eigenvalue weighted by molar-refractivity contribution is 6.04. The lowest BCUT2D eigenvalue weighted by Gasteiger charge is -2.05. The number of rotatable bonds is 4. The average molecular weight is 260 g/mol. The summed E-state index contributed by atoms with van der Waals surface area (Å²) in [5.74, 6) is -0.0152. The number of carbonyl (C=O) groups is 1. The van der Waals surface area contributed by atoms with Crippen LogP contribution in [0.15, 0.2) is 24.4 Å². The molecule has 6 heteroatoms. The van der Waals surface area contributed by atoms with Crippen LogP contribution in [0.2, 0.25) is 0 Å². The molecule has 0 unspecified atom stereocenters. The third-order valence-corrected chi connectivity index (χ3v) is 2.68. The number of aryl methyl sites for hydroxylation is 2. The first-order valence-corrected chi connectivity index (χ1v) is 6.10. The first kappa shape index (κ1) is 13.1. The largest absolute Gasteiger partial charge is 0.505 e. The summed E-state index contributed by atoms with van der Waals surface area (Å²) in [6.45, 7) is 2.07. The number of hydrogen-bond donors (Lipinski definition) is 2. The van der Waals surface area contributed by atoms with E-state index < -0.39 is 5.91 Å². The van der Waals surface area contributed by atoms with Crippen LogP contribution >= 0.6 is 0 Å². The monoisotopic (exact) mass is 260 g/mol. The fourth-order valence-electron chi connectivity index (χ4n) is 1.77. The summed E-state index contributed by atoms with van der Waals surface area (Å²) in [6, 6.07) is 4.81. The zero-order valence-corrected chi connectivity index (χ0v) is 10.9. The Kier molecular flexibility index (Phi) is 3.79. The second-order valence-electron chi connectivity index (χ2n) is 4.22. The third kappa shape index (κ3) is 2.90. The lowest BCUT2D eigenvalue weighted by atomic mass is 10.2. The highest BCUT2D eigenvalue weighted by Gasteiger charge is 2.14. The predicted octanol–water partition coefficient (Wildman–Crippen LogP) is 1.73. The Balaban J connectivity index is 2.17. The van der Waals surface area contributed by atoms with Gasteiger partial charge in [-0.15, -0.1) is 0 Å². The molecule has 0 aliphatic carbocycles. The van der Waals surface area contributed by atoms with Gasteiger partial charge in [-0.2, -0.15) is 5.10 Å². The van der Waals surface area contributed by atoms with Gasteiger partial charge in [0.25, 0.3) is 5.91 Å². The van der Waals surface area contributed by atoms with E-state index in [-0.39, 0.29) is 11.4 Å². The molecule has 0 aromatic carbocycles. The minimum absolute atomic E-state index is 0.000687. The van der Waals surface area contributed by atoms with E-state index in [9.17, 15) is 9.90 Å². The lowest BCUT2D eigenvalue weighted by Crippen LogP contribution is -2.16. The van der Waals surface area contributed by atoms with Gasteiger partial charge in [-0.1, -0.05) is 13.3 Å². The molecule has 2 rings (SSSR count). The van der Waals surface area contributed by atoms with Crippen LogP contribution in [0.4, 0.5) is 5.82 Å². The van der Waals surface area contributed by atoms with Gasteiger partial charge in [0.15, 0.2) is 5.69 Å². The van der Waals surface area contributed by atoms with Gasteiger partial charge < -0.3 is 10.4 Å². The van der Waals surface area contributed by atoms with Crippen LogP contribution in [0.25, 0.3) is 0 Å². The van der Waals surface area contributed by atoms with Gasteiger partial charge in [-0.25, -0.2) is 4.98 Å². The molecule has 0 bridgehead atoms. The number of hydrogen-bond acceptors (Lipinski definition) is 4. The first-order valence-electron chi connectivity index (χ1n) is 6.10. The van der Waals surface area contributed by atoms with Crippen molar-refractivity contribution in [2.75, 3.05) is 5.32 Å². The standard InChI is InChI=1S/C13H16N4O2/c1-3-5-9-8-11(17(2)16-9)15-13(19)12-10(18)6-4-7-14-12/h4,6-8,18H,3,5H2,1-2H3,(H,15,19). The Bertz CT molecular complexity index is 592. The molecule has 0 aliphatic rings. The number of nitrogens with zero attached hydrogens (tertiary/aromatic N) is 3. The molecule has 2 N–H and O–H groups in total. The Labute approximate surface area is 111 Å². The van der Waals surface area contributed by atoms with Gasteiger partial charge >= 0.3 is 0 Å². The van der Waals surface area contributed by atoms with Gasteiger partial charge in [0.1, 0.15) is 11.6 Å². The number of nitrogens with one attached hydrogen (secondary N) is 1. The Morgan fingerprint density at radius 3 is 3.00 bits per heavy atom. The van der Waals surface area contributed by atoms with Crippen LogP contribution < -0.4 is 5.32 Å². The molecule has 0 fully saturated rings. The topological polar surface area (TPSA) is 80.0 Å². The maximum atomic E-state index is 12.0. The molecule has 0 aliphatic heterocycles. The average Bonchev–Trinajstić information content (AvgIpc) is 2.70. The van der Waals surface area contributed by atoms with Crippen LogP contribution in [0, 0.1) is 0 Å². The molecule has 0 atom stereocenters. The number of aromatic hydroxyl groups is 1. The summed E-state index contributed by atoms with van der Waals surface area (Å²) in [5, 5.41) is 16.5. The number of aromatic nitrogens is 3. The van der Waals surface area contributed by atoms with Crippen molar-refractivity contribution < 1.29 is 9.90 Å². The Morgan fingerprint density at radius 1 is 1.53 bits per heavy atom. The highest BCUT2D eigenvalue weighted by atomic mass is 16.3. The summed E-state index contributed by atoms with van der Waals surface area (Å²) in [7, 11) is 1.76. The van der Waals surface area contributed by atoms with Crippen LogP contribution in [0.3, 0.4) is 0 Å². The van der Waals surface area contributed by atoms with Crippen molar-refractivity contribution in [1.29, 1.82) is 0 Å². The fraction of sp³-hybridized carbons (Fsp3) is 0.308. The SMILES string of the molecule is CCCc1cc(NC(=O)c2ncccc2O)n(C)n1. The van der Waals surface area contributed by atoms with E-state index in [1.54, 1.807) is 17.8 Å². The second kappa shape index (κ2) is 5.51. The molecule has 2 aromatic rings. The summed E-state index contributed by atoms with van der Waals surface area (Å²) >= 11 is 0. The molecule has 0 radical (unpaired) electrons. The van der Waals surface area contributed by atoms with Crippen LogP contribution in [-0.2, 0) is 13.5 Å². The summed E-state index contributed by atoms with van der Waals surface area (Å²) < 4.78 is 1.60. The normalized spacial score (nSPS) is 10.4. The number of anilines is 1. The van der Waals surface area contributed by atoms with E-state index in [1.165, 1.54) is 12.3 Å². The summed E-state index contributed by atoms with van der Waals surface area (Å²) in [6.07, 6.45) is 3.31. The van der Waals surface area contributed by atoms with E-state index in [1.807, 2.05) is 6.07 Å². The molecule has 0 saturated carbocycles. The van der Waals surface area contributed by atoms with Crippen molar-refractivity contribution in [3.8, 4) is 5.75 Å². The summed E-state index contributed by atoms with van der Waals surface area (Å²) in [4.78, 5) is 15.8. The molecule has 1 amide bonds. The van der Waals surface area contributed by atoms with Gasteiger partial charge in [0.05, 0.1) is 5.69 Å².